The predicted molar refractivity (Wildman–Crippen MR) is 36.3 cm³/mol. The van der Waals surface area contributed by atoms with Crippen LogP contribution in [0.2, 0.25) is 0 Å². The van der Waals surface area contributed by atoms with Crippen molar-refractivity contribution in [2.45, 2.75) is 32.5 Å². The lowest BCUT2D eigenvalue weighted by Gasteiger charge is -2.34. The second kappa shape index (κ2) is 3.01. The smallest absolute Gasteiger partial charge is 0.369 e. The molecule has 11 heavy (non-hydrogen) atoms. The lowest BCUT2D eigenvalue weighted by Crippen LogP contribution is -2.48. The molecule has 1 unspecified atom stereocenters. The van der Waals surface area contributed by atoms with Gasteiger partial charge in [-0.15, -0.1) is 0 Å². The minimum Gasteiger partial charge on any atom is -0.369 e. The average Bonchev–Trinajstić information content (AvgIpc) is 1.83. The van der Waals surface area contributed by atoms with Crippen LogP contribution in [0.4, 0.5) is 13.2 Å². The van der Waals surface area contributed by atoms with Gasteiger partial charge in [-0.3, -0.25) is 0 Å². The first kappa shape index (κ1) is 10.8. The van der Waals surface area contributed by atoms with Crippen molar-refractivity contribution in [3.63, 3.8) is 0 Å². The molecule has 0 aromatic rings. The maximum atomic E-state index is 12.2. The molecule has 0 aliphatic heterocycles. The van der Waals surface area contributed by atoms with Gasteiger partial charge < -0.3 is 4.74 Å². The molecule has 0 radical (unpaired) electrons. The molecular formula is C7H13F3O. The first-order valence-electron chi connectivity index (χ1n) is 3.37. The maximum Gasteiger partial charge on any atom is 0.417 e. The second-order valence-corrected chi connectivity index (χ2v) is 2.96. The minimum absolute atomic E-state index is 0.576. The molecule has 0 N–H and O–H groups in total. The van der Waals surface area contributed by atoms with E-state index in [0.717, 1.165) is 14.0 Å². The number of alkyl halides is 3. The van der Waals surface area contributed by atoms with Crippen LogP contribution >= 0.6 is 0 Å². The maximum absolute atomic E-state index is 12.2. The first-order chi connectivity index (χ1) is 4.75. The lowest BCUT2D eigenvalue weighted by atomic mass is 9.92. The fourth-order valence-electron chi connectivity index (χ4n) is 0.679. The molecule has 0 aliphatic carbocycles. The van der Waals surface area contributed by atoms with Gasteiger partial charge in [-0.05, 0) is 12.8 Å². The van der Waals surface area contributed by atoms with Crippen LogP contribution in [0.5, 0.6) is 0 Å². The quantitative estimate of drug-likeness (QED) is 0.619. The Hall–Kier alpha value is -0.250. The van der Waals surface area contributed by atoms with Gasteiger partial charge in [0, 0.05) is 7.11 Å². The Morgan fingerprint density at radius 3 is 1.55 bits per heavy atom. The Morgan fingerprint density at radius 1 is 1.18 bits per heavy atom. The molecule has 0 rings (SSSR count). The van der Waals surface area contributed by atoms with Crippen LogP contribution in [0.3, 0.4) is 0 Å². The van der Waals surface area contributed by atoms with Crippen molar-refractivity contribution in [1.82, 2.24) is 0 Å². The normalized spacial score (nSPS) is 18.5. The van der Waals surface area contributed by atoms with Crippen molar-refractivity contribution >= 4 is 0 Å². The standard InChI is InChI=1S/C7H13F3O/c1-5(2)6(3,11-4)7(8,9)10/h5H,1-4H3. The molecular weight excluding hydrogens is 157 g/mol. The topological polar surface area (TPSA) is 9.23 Å². The Bertz CT molecular complexity index is 130. The van der Waals surface area contributed by atoms with Gasteiger partial charge in [-0.1, -0.05) is 13.8 Å². The molecule has 4 heteroatoms. The Morgan fingerprint density at radius 2 is 1.55 bits per heavy atom. The third-order valence-electron chi connectivity index (χ3n) is 2.09. The summed E-state index contributed by atoms with van der Waals surface area (Å²) >= 11 is 0. The van der Waals surface area contributed by atoms with E-state index in [9.17, 15) is 13.2 Å². The van der Waals surface area contributed by atoms with Gasteiger partial charge in [-0.2, -0.15) is 13.2 Å². The summed E-state index contributed by atoms with van der Waals surface area (Å²) in [5.74, 6) is -0.576. The molecule has 1 atom stereocenters. The summed E-state index contributed by atoms with van der Waals surface area (Å²) in [6, 6.07) is 0. The van der Waals surface area contributed by atoms with E-state index in [4.69, 9.17) is 0 Å². The fraction of sp³-hybridized carbons (Fsp3) is 1.00. The van der Waals surface area contributed by atoms with Gasteiger partial charge in [0.2, 0.25) is 0 Å². The van der Waals surface area contributed by atoms with E-state index in [1.54, 1.807) is 0 Å². The number of ether oxygens (including phenoxy) is 1. The molecule has 68 valence electrons. The molecule has 0 aromatic heterocycles. The van der Waals surface area contributed by atoms with E-state index in [-0.39, 0.29) is 0 Å². The van der Waals surface area contributed by atoms with Crippen LogP contribution in [0, 0.1) is 5.92 Å². The SMILES string of the molecule is COC(C)(C(C)C)C(F)(F)F. The fourth-order valence-corrected chi connectivity index (χ4v) is 0.679. The number of hydrogen-bond donors (Lipinski definition) is 0. The predicted octanol–water partition coefficient (Wildman–Crippen LogP) is 2.61. The van der Waals surface area contributed by atoms with Gasteiger partial charge in [0.25, 0.3) is 0 Å². The highest BCUT2D eigenvalue weighted by atomic mass is 19.4. The molecule has 0 amide bonds. The number of methoxy groups -OCH3 is 1. The van der Waals surface area contributed by atoms with E-state index in [1.807, 2.05) is 0 Å². The number of hydrogen-bond acceptors (Lipinski definition) is 1. The minimum atomic E-state index is -4.30. The Kier molecular flexibility index (Phi) is 2.94. The highest BCUT2D eigenvalue weighted by Crippen LogP contribution is 2.38. The molecule has 0 bridgehead atoms. The summed E-state index contributed by atoms with van der Waals surface area (Å²) in [6.45, 7) is 4.02. The summed E-state index contributed by atoms with van der Waals surface area (Å²) < 4.78 is 41.1. The number of halogens is 3. The van der Waals surface area contributed by atoms with E-state index >= 15 is 0 Å². The van der Waals surface area contributed by atoms with Crippen LogP contribution in [-0.2, 0) is 4.74 Å². The molecule has 0 spiro atoms. The van der Waals surface area contributed by atoms with Gasteiger partial charge >= 0.3 is 6.18 Å². The van der Waals surface area contributed by atoms with E-state index < -0.39 is 17.7 Å². The third-order valence-corrected chi connectivity index (χ3v) is 2.09. The van der Waals surface area contributed by atoms with Crippen LogP contribution < -0.4 is 0 Å². The highest BCUT2D eigenvalue weighted by molar-refractivity contribution is 4.86. The third kappa shape index (κ3) is 1.86. The van der Waals surface area contributed by atoms with Gasteiger partial charge in [0.1, 0.15) is 0 Å². The monoisotopic (exact) mass is 170 g/mol. The Balaban J connectivity index is 4.61. The van der Waals surface area contributed by atoms with Crippen LogP contribution in [-0.4, -0.2) is 18.9 Å². The summed E-state index contributed by atoms with van der Waals surface area (Å²) in [5.41, 5.74) is -2.02. The molecule has 0 fully saturated rings. The van der Waals surface area contributed by atoms with Crippen LogP contribution in [0.25, 0.3) is 0 Å². The first-order valence-corrected chi connectivity index (χ1v) is 3.37. The summed E-state index contributed by atoms with van der Waals surface area (Å²) in [4.78, 5) is 0. The Labute approximate surface area is 64.5 Å². The molecule has 0 aromatic carbocycles. The van der Waals surface area contributed by atoms with E-state index in [2.05, 4.69) is 4.74 Å². The molecule has 0 saturated heterocycles. The van der Waals surface area contributed by atoms with Crippen molar-refractivity contribution < 1.29 is 17.9 Å². The lowest BCUT2D eigenvalue weighted by molar-refractivity contribution is -0.277. The molecule has 1 nitrogen and oxygen atoms in total. The van der Waals surface area contributed by atoms with Crippen LogP contribution in [0.1, 0.15) is 20.8 Å². The number of rotatable bonds is 2. The van der Waals surface area contributed by atoms with Gasteiger partial charge in [0.05, 0.1) is 0 Å². The largest absolute Gasteiger partial charge is 0.417 e. The van der Waals surface area contributed by atoms with Crippen LogP contribution in [0.15, 0.2) is 0 Å². The summed E-state index contributed by atoms with van der Waals surface area (Å²) in [6.07, 6.45) is -4.30. The van der Waals surface area contributed by atoms with Crippen molar-refractivity contribution in [3.8, 4) is 0 Å². The van der Waals surface area contributed by atoms with Crippen molar-refractivity contribution in [2.75, 3.05) is 7.11 Å². The van der Waals surface area contributed by atoms with Crippen molar-refractivity contribution in [3.05, 3.63) is 0 Å². The van der Waals surface area contributed by atoms with Crippen molar-refractivity contribution in [1.29, 1.82) is 0 Å². The van der Waals surface area contributed by atoms with E-state index in [0.29, 0.717) is 0 Å². The zero-order valence-electron chi connectivity index (χ0n) is 7.12. The van der Waals surface area contributed by atoms with Gasteiger partial charge in [-0.25, -0.2) is 0 Å². The van der Waals surface area contributed by atoms with Crippen molar-refractivity contribution in [2.24, 2.45) is 5.92 Å². The summed E-state index contributed by atoms with van der Waals surface area (Å²) in [5, 5.41) is 0. The molecule has 0 aliphatic rings. The molecule has 0 heterocycles. The molecule has 0 saturated carbocycles. The summed E-state index contributed by atoms with van der Waals surface area (Å²) in [7, 11) is 1.08. The highest BCUT2D eigenvalue weighted by Gasteiger charge is 2.53. The zero-order valence-corrected chi connectivity index (χ0v) is 7.12. The zero-order chi connectivity index (χ0) is 9.28. The van der Waals surface area contributed by atoms with E-state index in [1.165, 1.54) is 13.8 Å². The second-order valence-electron chi connectivity index (χ2n) is 2.96. The van der Waals surface area contributed by atoms with Gasteiger partial charge in [0.15, 0.2) is 5.60 Å². The average molecular weight is 170 g/mol.